The molecule has 1 rings (SSSR count). The van der Waals surface area contributed by atoms with Gasteiger partial charge in [-0.3, -0.25) is 0 Å². The molecule has 1 heterocycles. The third kappa shape index (κ3) is 2.00. The lowest BCUT2D eigenvalue weighted by molar-refractivity contribution is 0.0689. The fourth-order valence-electron chi connectivity index (χ4n) is 0.717. The maximum atomic E-state index is 10.4. The number of hydrogen-bond donors (Lipinski definition) is 1. The molecule has 0 aliphatic heterocycles. The largest absolute Gasteiger partial charge is 0.477 e. The summed E-state index contributed by atoms with van der Waals surface area (Å²) in [5, 5.41) is 8.55. The molecule has 0 spiro atoms. The number of hydrogen-bond acceptors (Lipinski definition) is 4. The lowest BCUT2D eigenvalue weighted by Crippen LogP contribution is -2.05. The van der Waals surface area contributed by atoms with E-state index in [4.69, 9.17) is 9.84 Å². The van der Waals surface area contributed by atoms with E-state index in [0.717, 1.165) is 0 Å². The quantitative estimate of drug-likeness (QED) is 0.703. The number of carboxylic acids is 1. The molecule has 0 aliphatic rings. The molecule has 5 heteroatoms. The van der Waals surface area contributed by atoms with Crippen LogP contribution in [0.15, 0.2) is 12.3 Å². The average Bonchev–Trinajstić information content (AvgIpc) is 2.05. The highest BCUT2D eigenvalue weighted by molar-refractivity contribution is 5.85. The maximum Gasteiger partial charge on any atom is 0.354 e. The Morgan fingerprint density at radius 2 is 2.50 bits per heavy atom. The normalized spacial score (nSPS) is 9.75. The Hall–Kier alpha value is -1.49. The number of carboxylic acid groups (broad SMARTS) is 1. The fourth-order valence-corrected chi connectivity index (χ4v) is 0.717. The van der Waals surface area contributed by atoms with E-state index in [0.29, 0.717) is 5.82 Å². The van der Waals surface area contributed by atoms with Crippen molar-refractivity contribution < 1.29 is 14.6 Å². The SMILES string of the molecule is COCc1nccc(C(=O)O)n1. The van der Waals surface area contributed by atoms with Gasteiger partial charge in [0.1, 0.15) is 6.61 Å². The molecule has 0 saturated carbocycles. The van der Waals surface area contributed by atoms with Crippen LogP contribution in [-0.4, -0.2) is 28.2 Å². The summed E-state index contributed by atoms with van der Waals surface area (Å²) in [4.78, 5) is 18.0. The predicted octanol–water partition coefficient (Wildman–Crippen LogP) is 0.321. The first-order chi connectivity index (χ1) is 5.74. The fraction of sp³-hybridized carbons (Fsp3) is 0.286. The van der Waals surface area contributed by atoms with E-state index in [1.54, 1.807) is 0 Å². The van der Waals surface area contributed by atoms with Gasteiger partial charge >= 0.3 is 5.97 Å². The summed E-state index contributed by atoms with van der Waals surface area (Å²) < 4.78 is 4.74. The molecule has 1 aromatic rings. The predicted molar refractivity (Wildman–Crippen MR) is 39.7 cm³/mol. The van der Waals surface area contributed by atoms with Gasteiger partial charge in [0.2, 0.25) is 0 Å². The van der Waals surface area contributed by atoms with Crippen LogP contribution >= 0.6 is 0 Å². The van der Waals surface area contributed by atoms with Gasteiger partial charge in [0.05, 0.1) is 0 Å². The molecular weight excluding hydrogens is 160 g/mol. The number of nitrogens with zero attached hydrogens (tertiary/aromatic N) is 2. The Morgan fingerprint density at radius 3 is 3.08 bits per heavy atom. The minimum atomic E-state index is -1.06. The molecule has 0 saturated heterocycles. The van der Waals surface area contributed by atoms with Gasteiger partial charge in [-0.15, -0.1) is 0 Å². The number of carbonyl (C=O) groups is 1. The number of ether oxygens (including phenoxy) is 1. The van der Waals surface area contributed by atoms with Gasteiger partial charge in [-0.1, -0.05) is 0 Å². The van der Waals surface area contributed by atoms with Crippen molar-refractivity contribution in [3.05, 3.63) is 23.8 Å². The molecule has 0 aromatic carbocycles. The smallest absolute Gasteiger partial charge is 0.354 e. The van der Waals surface area contributed by atoms with Crippen LogP contribution in [0.1, 0.15) is 16.3 Å². The van der Waals surface area contributed by atoms with Crippen LogP contribution in [0, 0.1) is 0 Å². The Labute approximate surface area is 69.0 Å². The molecule has 1 N–H and O–H groups in total. The standard InChI is InChI=1S/C7H8N2O3/c1-12-4-6-8-3-2-5(9-6)7(10)11/h2-3H,4H2,1H3,(H,10,11). The highest BCUT2D eigenvalue weighted by Crippen LogP contribution is 1.96. The van der Waals surface area contributed by atoms with E-state index in [1.807, 2.05) is 0 Å². The van der Waals surface area contributed by atoms with E-state index >= 15 is 0 Å². The third-order valence-electron chi connectivity index (χ3n) is 1.20. The second kappa shape index (κ2) is 3.77. The molecular formula is C7H8N2O3. The Bertz CT molecular complexity index is 288. The maximum absolute atomic E-state index is 10.4. The minimum absolute atomic E-state index is 0.0166. The van der Waals surface area contributed by atoms with Gasteiger partial charge in [0, 0.05) is 13.3 Å². The molecule has 0 fully saturated rings. The van der Waals surface area contributed by atoms with Gasteiger partial charge in [-0.05, 0) is 6.07 Å². The average molecular weight is 168 g/mol. The van der Waals surface area contributed by atoms with Gasteiger partial charge in [-0.25, -0.2) is 14.8 Å². The summed E-state index contributed by atoms with van der Waals surface area (Å²) in [5.41, 5.74) is -0.0166. The first kappa shape index (κ1) is 8.61. The number of methoxy groups -OCH3 is 1. The summed E-state index contributed by atoms with van der Waals surface area (Å²) in [7, 11) is 1.50. The Morgan fingerprint density at radius 1 is 1.75 bits per heavy atom. The van der Waals surface area contributed by atoms with Crippen LogP contribution in [0.25, 0.3) is 0 Å². The first-order valence-corrected chi connectivity index (χ1v) is 3.28. The third-order valence-corrected chi connectivity index (χ3v) is 1.20. The monoisotopic (exact) mass is 168 g/mol. The van der Waals surface area contributed by atoms with Gasteiger partial charge in [-0.2, -0.15) is 0 Å². The van der Waals surface area contributed by atoms with Crippen molar-refractivity contribution in [1.29, 1.82) is 0 Å². The molecule has 64 valence electrons. The zero-order valence-electron chi connectivity index (χ0n) is 6.52. The second-order valence-corrected chi connectivity index (χ2v) is 2.10. The Kier molecular flexibility index (Phi) is 2.71. The number of aromatic nitrogens is 2. The lowest BCUT2D eigenvalue weighted by atomic mass is 10.4. The summed E-state index contributed by atoms with van der Waals surface area (Å²) >= 11 is 0. The molecule has 12 heavy (non-hydrogen) atoms. The number of aromatic carboxylic acids is 1. The highest BCUT2D eigenvalue weighted by Gasteiger charge is 2.04. The number of rotatable bonds is 3. The second-order valence-electron chi connectivity index (χ2n) is 2.10. The molecule has 1 aromatic heterocycles. The van der Waals surface area contributed by atoms with Crippen LogP contribution in [0.5, 0.6) is 0 Å². The van der Waals surface area contributed by atoms with Crippen molar-refractivity contribution in [3.63, 3.8) is 0 Å². The highest BCUT2D eigenvalue weighted by atomic mass is 16.5. The van der Waals surface area contributed by atoms with Crippen LogP contribution in [0.3, 0.4) is 0 Å². The lowest BCUT2D eigenvalue weighted by Gasteiger charge is -1.97. The summed E-state index contributed by atoms with van der Waals surface area (Å²) in [6.07, 6.45) is 1.39. The van der Waals surface area contributed by atoms with Crippen LogP contribution in [-0.2, 0) is 11.3 Å². The van der Waals surface area contributed by atoms with E-state index < -0.39 is 5.97 Å². The topological polar surface area (TPSA) is 72.3 Å². The summed E-state index contributed by atoms with van der Waals surface area (Å²) in [6.45, 7) is 0.223. The zero-order chi connectivity index (χ0) is 8.97. The molecule has 0 atom stereocenters. The van der Waals surface area contributed by atoms with Gasteiger partial charge < -0.3 is 9.84 Å². The van der Waals surface area contributed by atoms with Crippen LogP contribution in [0.4, 0.5) is 0 Å². The van der Waals surface area contributed by atoms with Crippen molar-refractivity contribution >= 4 is 5.97 Å². The van der Waals surface area contributed by atoms with Gasteiger partial charge in [0.15, 0.2) is 11.5 Å². The summed E-state index contributed by atoms with van der Waals surface area (Å²) in [6, 6.07) is 1.33. The Balaban J connectivity index is 2.88. The summed E-state index contributed by atoms with van der Waals surface area (Å²) in [5.74, 6) is -0.688. The van der Waals surface area contributed by atoms with Crippen LogP contribution in [0.2, 0.25) is 0 Å². The zero-order valence-corrected chi connectivity index (χ0v) is 6.52. The van der Waals surface area contributed by atoms with Crippen molar-refractivity contribution in [1.82, 2.24) is 9.97 Å². The van der Waals surface area contributed by atoms with E-state index in [2.05, 4.69) is 9.97 Å². The first-order valence-electron chi connectivity index (χ1n) is 3.28. The minimum Gasteiger partial charge on any atom is -0.477 e. The van der Waals surface area contributed by atoms with Crippen LogP contribution < -0.4 is 0 Å². The van der Waals surface area contributed by atoms with Crippen molar-refractivity contribution in [3.8, 4) is 0 Å². The van der Waals surface area contributed by atoms with Gasteiger partial charge in [0.25, 0.3) is 0 Å². The molecule has 0 aliphatic carbocycles. The van der Waals surface area contributed by atoms with E-state index in [-0.39, 0.29) is 12.3 Å². The van der Waals surface area contributed by atoms with Crippen molar-refractivity contribution in [2.45, 2.75) is 6.61 Å². The van der Waals surface area contributed by atoms with Crippen molar-refractivity contribution in [2.24, 2.45) is 0 Å². The molecule has 5 nitrogen and oxygen atoms in total. The van der Waals surface area contributed by atoms with E-state index in [9.17, 15) is 4.79 Å². The van der Waals surface area contributed by atoms with E-state index in [1.165, 1.54) is 19.4 Å². The molecule has 0 unspecified atom stereocenters. The molecule has 0 amide bonds. The molecule has 0 bridgehead atoms. The molecule has 0 radical (unpaired) electrons. The van der Waals surface area contributed by atoms with Crippen molar-refractivity contribution in [2.75, 3.05) is 7.11 Å².